The van der Waals surface area contributed by atoms with Gasteiger partial charge in [0.2, 0.25) is 0 Å². The van der Waals surface area contributed by atoms with Gasteiger partial charge in [-0.1, -0.05) is 12.1 Å². The van der Waals surface area contributed by atoms with Gasteiger partial charge in [0.25, 0.3) is 11.6 Å². The molecule has 1 atom stereocenters. The summed E-state index contributed by atoms with van der Waals surface area (Å²) < 4.78 is 10.3. The first-order valence-electron chi connectivity index (χ1n) is 8.51. The summed E-state index contributed by atoms with van der Waals surface area (Å²) in [6.07, 6.45) is 0.323. The highest BCUT2D eigenvalue weighted by Crippen LogP contribution is 2.29. The van der Waals surface area contributed by atoms with Crippen LogP contribution in [0.15, 0.2) is 48.2 Å². The number of imide groups is 1. The number of carbonyl (C=O) groups excluding carboxylic acids is 2. The average molecular weight is 413 g/mol. The van der Waals surface area contributed by atoms with Crippen LogP contribution in [-0.4, -0.2) is 34.0 Å². The first-order valence-corrected chi connectivity index (χ1v) is 8.51. The van der Waals surface area contributed by atoms with Gasteiger partial charge in [-0.2, -0.15) is 0 Å². The van der Waals surface area contributed by atoms with Crippen LogP contribution < -0.4 is 15.8 Å². The zero-order chi connectivity index (χ0) is 21.8. The van der Waals surface area contributed by atoms with E-state index in [1.807, 2.05) is 5.32 Å². The van der Waals surface area contributed by atoms with Crippen LogP contribution >= 0.6 is 0 Å². The van der Waals surface area contributed by atoms with Gasteiger partial charge < -0.3 is 20.3 Å². The van der Waals surface area contributed by atoms with Crippen LogP contribution in [0.2, 0.25) is 0 Å². The molecule has 0 aliphatic carbocycles. The molecule has 4 N–H and O–H groups in total. The number of hydrogen-bond acceptors (Lipinski definition) is 8. The Morgan fingerprint density at radius 3 is 2.47 bits per heavy atom. The van der Waals surface area contributed by atoms with Crippen molar-refractivity contribution in [3.8, 4) is 11.5 Å². The minimum Gasteiger partial charge on any atom is -0.480 e. The lowest BCUT2D eigenvalue weighted by Gasteiger charge is -2.10. The molecular formula is C19H15N3O8. The first-order chi connectivity index (χ1) is 14.2. The number of rotatable bonds is 7. The Morgan fingerprint density at radius 1 is 1.23 bits per heavy atom. The Labute approximate surface area is 168 Å². The number of nitro benzene ring substituents is 1. The van der Waals surface area contributed by atoms with E-state index in [1.165, 1.54) is 24.3 Å². The zero-order valence-electron chi connectivity index (χ0n) is 15.2. The largest absolute Gasteiger partial charge is 0.480 e. The van der Waals surface area contributed by atoms with Crippen molar-refractivity contribution in [3.05, 3.63) is 69.5 Å². The van der Waals surface area contributed by atoms with Crippen molar-refractivity contribution in [2.75, 3.05) is 0 Å². The van der Waals surface area contributed by atoms with Crippen LogP contribution in [0.3, 0.4) is 0 Å². The van der Waals surface area contributed by atoms with Gasteiger partial charge in [-0.15, -0.1) is 0 Å². The van der Waals surface area contributed by atoms with E-state index in [4.69, 9.17) is 20.3 Å². The molecule has 1 fully saturated rings. The average Bonchev–Trinajstić information content (AvgIpc) is 3.01. The summed E-state index contributed by atoms with van der Waals surface area (Å²) in [5, 5.41) is 22.2. The highest BCUT2D eigenvalue weighted by molar-refractivity contribution is 6.09. The van der Waals surface area contributed by atoms with Crippen molar-refractivity contribution in [2.24, 2.45) is 5.73 Å². The van der Waals surface area contributed by atoms with E-state index in [0.717, 1.165) is 0 Å². The lowest BCUT2D eigenvalue weighted by Crippen LogP contribution is -2.32. The highest BCUT2D eigenvalue weighted by Gasteiger charge is 2.26. The Balaban J connectivity index is 1.76. The minimum absolute atomic E-state index is 0.139. The zero-order valence-corrected chi connectivity index (χ0v) is 15.2. The van der Waals surface area contributed by atoms with E-state index in [1.54, 1.807) is 24.3 Å². The third kappa shape index (κ3) is 4.77. The van der Waals surface area contributed by atoms with Crippen molar-refractivity contribution >= 4 is 29.7 Å². The van der Waals surface area contributed by atoms with Gasteiger partial charge in [0, 0.05) is 12.0 Å². The van der Waals surface area contributed by atoms with Gasteiger partial charge in [0.05, 0.1) is 11.0 Å². The molecule has 154 valence electrons. The quantitative estimate of drug-likeness (QED) is 0.348. The van der Waals surface area contributed by atoms with E-state index in [0.29, 0.717) is 11.3 Å². The van der Waals surface area contributed by atoms with E-state index in [2.05, 4.69) is 0 Å². The number of carboxylic acid groups (broad SMARTS) is 1. The number of ether oxygens (including phenoxy) is 2. The molecule has 2 aromatic rings. The molecule has 1 heterocycles. The molecule has 0 aromatic heterocycles. The molecule has 0 saturated carbocycles. The highest BCUT2D eigenvalue weighted by atomic mass is 16.6. The molecule has 1 unspecified atom stereocenters. The normalized spacial score (nSPS) is 15.4. The number of nitrogens with two attached hydrogens (primary N) is 1. The second-order valence-corrected chi connectivity index (χ2v) is 6.22. The van der Waals surface area contributed by atoms with Crippen LogP contribution in [0.5, 0.6) is 11.5 Å². The SMILES string of the molecule is NC(Cc1ccc(Oc2ccc(/C=C3/OC(=O)NC3=O)cc2)cc1[N+](=O)[O-])C(=O)O. The number of carboxylic acids is 1. The smallest absolute Gasteiger partial charge is 0.419 e. The molecular weight excluding hydrogens is 398 g/mol. The Morgan fingerprint density at radius 2 is 1.90 bits per heavy atom. The van der Waals surface area contributed by atoms with Crippen LogP contribution in [0.25, 0.3) is 6.08 Å². The monoisotopic (exact) mass is 413 g/mol. The molecule has 30 heavy (non-hydrogen) atoms. The summed E-state index contributed by atoms with van der Waals surface area (Å²) in [6.45, 7) is 0. The molecule has 0 spiro atoms. The van der Waals surface area contributed by atoms with Crippen LogP contribution in [0.4, 0.5) is 10.5 Å². The summed E-state index contributed by atoms with van der Waals surface area (Å²) >= 11 is 0. The number of nitrogens with zero attached hydrogens (tertiary/aromatic N) is 1. The molecule has 1 aliphatic heterocycles. The maximum Gasteiger partial charge on any atom is 0.419 e. The van der Waals surface area contributed by atoms with E-state index in [-0.39, 0.29) is 29.2 Å². The molecule has 0 bridgehead atoms. The standard InChI is InChI=1S/C19H15N3O8/c20-14(18(24)25)8-11-3-6-13(9-15(11)22(27)28)29-12-4-1-10(2-5-12)7-16-17(23)21-19(26)30-16/h1-7,9,14H,8,20H2,(H,24,25)(H,21,23,26)/b16-7+. The third-order valence-electron chi connectivity index (χ3n) is 4.07. The van der Waals surface area contributed by atoms with Crippen molar-refractivity contribution in [1.82, 2.24) is 5.32 Å². The summed E-state index contributed by atoms with van der Waals surface area (Å²) in [6, 6.07) is 9.08. The van der Waals surface area contributed by atoms with Crippen molar-refractivity contribution < 1.29 is 33.9 Å². The van der Waals surface area contributed by atoms with Crippen molar-refractivity contribution in [1.29, 1.82) is 0 Å². The number of nitro groups is 1. The van der Waals surface area contributed by atoms with Crippen molar-refractivity contribution in [2.45, 2.75) is 12.5 Å². The lowest BCUT2D eigenvalue weighted by atomic mass is 10.0. The fourth-order valence-electron chi connectivity index (χ4n) is 2.61. The predicted molar refractivity (Wildman–Crippen MR) is 102 cm³/mol. The summed E-state index contributed by atoms with van der Waals surface area (Å²) in [7, 11) is 0. The fourth-order valence-corrected chi connectivity index (χ4v) is 2.61. The Bertz CT molecular complexity index is 1060. The number of carbonyl (C=O) groups is 3. The number of amides is 2. The molecule has 2 amide bonds. The predicted octanol–water partition coefficient (Wildman–Crippen LogP) is 1.95. The second-order valence-electron chi connectivity index (χ2n) is 6.22. The summed E-state index contributed by atoms with van der Waals surface area (Å²) in [5.41, 5.74) is 5.89. The molecule has 0 radical (unpaired) electrons. The third-order valence-corrected chi connectivity index (χ3v) is 4.07. The summed E-state index contributed by atoms with van der Waals surface area (Å²) in [5.74, 6) is -1.52. The van der Waals surface area contributed by atoms with Crippen LogP contribution in [-0.2, 0) is 20.7 Å². The van der Waals surface area contributed by atoms with Gasteiger partial charge in [0.15, 0.2) is 5.76 Å². The maximum absolute atomic E-state index is 11.5. The Kier molecular flexibility index (Phi) is 5.74. The minimum atomic E-state index is -1.27. The molecule has 1 saturated heterocycles. The number of alkyl carbamates (subject to hydrolysis) is 1. The molecule has 1 aliphatic rings. The second kappa shape index (κ2) is 8.41. The van der Waals surface area contributed by atoms with E-state index >= 15 is 0 Å². The number of nitrogens with one attached hydrogen (secondary N) is 1. The molecule has 2 aromatic carbocycles. The first kappa shape index (κ1) is 20.5. The molecule has 11 nitrogen and oxygen atoms in total. The fraction of sp³-hybridized carbons (Fsp3) is 0.105. The van der Waals surface area contributed by atoms with Gasteiger partial charge in [-0.3, -0.25) is 25.0 Å². The molecule has 11 heteroatoms. The number of aliphatic carboxylic acids is 1. The maximum atomic E-state index is 11.5. The van der Waals surface area contributed by atoms with Gasteiger partial charge in [0.1, 0.15) is 17.5 Å². The lowest BCUT2D eigenvalue weighted by molar-refractivity contribution is -0.385. The number of hydrogen-bond donors (Lipinski definition) is 3. The van der Waals surface area contributed by atoms with Gasteiger partial charge in [-0.05, 0) is 35.9 Å². The van der Waals surface area contributed by atoms with Gasteiger partial charge >= 0.3 is 12.1 Å². The number of benzene rings is 2. The van der Waals surface area contributed by atoms with E-state index in [9.17, 15) is 24.5 Å². The Hall–Kier alpha value is -4.25. The summed E-state index contributed by atoms with van der Waals surface area (Å²) in [4.78, 5) is 44.1. The van der Waals surface area contributed by atoms with Crippen LogP contribution in [0, 0.1) is 10.1 Å². The van der Waals surface area contributed by atoms with Crippen molar-refractivity contribution in [3.63, 3.8) is 0 Å². The topological polar surface area (TPSA) is 171 Å². The molecule has 3 rings (SSSR count). The van der Waals surface area contributed by atoms with Crippen LogP contribution in [0.1, 0.15) is 11.1 Å². The van der Waals surface area contributed by atoms with E-state index < -0.39 is 28.9 Å². The number of cyclic esters (lactones) is 1. The van der Waals surface area contributed by atoms with Gasteiger partial charge in [-0.25, -0.2) is 4.79 Å².